The summed E-state index contributed by atoms with van der Waals surface area (Å²) in [6, 6.07) is 14.7. The number of hydrogen-bond donors (Lipinski definition) is 1. The van der Waals surface area contributed by atoms with Crippen molar-refractivity contribution >= 4 is 41.0 Å². The fourth-order valence-corrected chi connectivity index (χ4v) is 3.20. The Bertz CT molecular complexity index is 1030. The van der Waals surface area contributed by atoms with Gasteiger partial charge in [-0.3, -0.25) is 4.79 Å². The first-order valence-corrected chi connectivity index (χ1v) is 8.67. The maximum atomic E-state index is 13.0. The number of aromatic nitrogens is 1. The van der Waals surface area contributed by atoms with E-state index in [4.69, 9.17) is 5.26 Å². The van der Waals surface area contributed by atoms with Crippen molar-refractivity contribution in [3.8, 4) is 6.07 Å². The number of rotatable bonds is 4. The molecule has 0 unspecified atom stereocenters. The number of nitrogens with zero attached hydrogens (tertiary/aromatic N) is 3. The first-order chi connectivity index (χ1) is 12.5. The molecular formula is C19H16ClFN4OS. The molecule has 27 heavy (non-hydrogen) atoms. The molecule has 2 aromatic carbocycles. The van der Waals surface area contributed by atoms with Crippen molar-refractivity contribution in [3.63, 3.8) is 0 Å². The van der Waals surface area contributed by atoms with Gasteiger partial charge in [0.15, 0.2) is 4.80 Å². The topological polar surface area (TPSA) is 70.2 Å². The van der Waals surface area contributed by atoms with Gasteiger partial charge in [0.2, 0.25) is 5.91 Å². The van der Waals surface area contributed by atoms with E-state index in [1.807, 2.05) is 23.1 Å². The average Bonchev–Trinajstić information content (AvgIpc) is 2.97. The molecule has 138 valence electrons. The predicted octanol–water partition coefficient (Wildman–Crippen LogP) is 3.93. The van der Waals surface area contributed by atoms with E-state index in [-0.39, 0.29) is 30.6 Å². The van der Waals surface area contributed by atoms with Crippen molar-refractivity contribution in [3.05, 3.63) is 75.8 Å². The Balaban J connectivity index is 0.00000261. The molecule has 1 amide bonds. The quantitative estimate of drug-likeness (QED) is 0.718. The maximum absolute atomic E-state index is 13.0. The van der Waals surface area contributed by atoms with Crippen molar-refractivity contribution in [1.82, 2.24) is 4.57 Å². The lowest BCUT2D eigenvalue weighted by atomic mass is 10.2. The highest BCUT2D eigenvalue weighted by Gasteiger charge is 2.09. The van der Waals surface area contributed by atoms with E-state index >= 15 is 0 Å². The summed E-state index contributed by atoms with van der Waals surface area (Å²) >= 11 is 1.41. The lowest BCUT2D eigenvalue weighted by Crippen LogP contribution is -2.19. The third-order valence-corrected chi connectivity index (χ3v) is 4.67. The van der Waals surface area contributed by atoms with E-state index in [0.717, 1.165) is 10.5 Å². The zero-order chi connectivity index (χ0) is 18.5. The number of amides is 1. The number of halogens is 2. The van der Waals surface area contributed by atoms with Crippen LogP contribution in [0, 0.1) is 17.1 Å². The third kappa shape index (κ3) is 5.26. The van der Waals surface area contributed by atoms with Crippen LogP contribution in [0.5, 0.6) is 0 Å². The minimum Gasteiger partial charge on any atom is -0.326 e. The number of nitrogens with one attached hydrogen (secondary N) is 1. The van der Waals surface area contributed by atoms with E-state index in [1.54, 1.807) is 36.4 Å². The molecule has 3 rings (SSSR count). The zero-order valence-electron chi connectivity index (χ0n) is 14.3. The number of nitriles is 1. The van der Waals surface area contributed by atoms with Gasteiger partial charge in [-0.15, -0.1) is 23.7 Å². The van der Waals surface area contributed by atoms with Crippen molar-refractivity contribution < 1.29 is 9.18 Å². The first-order valence-electron chi connectivity index (χ1n) is 7.79. The van der Waals surface area contributed by atoms with Crippen LogP contribution in [0.2, 0.25) is 0 Å². The number of hydrogen-bond acceptors (Lipinski definition) is 4. The maximum Gasteiger partial charge on any atom is 0.230 e. The van der Waals surface area contributed by atoms with E-state index in [2.05, 4.69) is 10.3 Å². The van der Waals surface area contributed by atoms with Crippen LogP contribution in [-0.4, -0.2) is 10.5 Å². The highest BCUT2D eigenvalue weighted by molar-refractivity contribution is 7.07. The van der Waals surface area contributed by atoms with E-state index in [0.29, 0.717) is 16.9 Å². The number of anilines is 1. The summed E-state index contributed by atoms with van der Waals surface area (Å²) in [5, 5.41) is 13.5. The summed E-state index contributed by atoms with van der Waals surface area (Å²) in [4.78, 5) is 17.4. The van der Waals surface area contributed by atoms with Crippen molar-refractivity contribution in [2.45, 2.75) is 6.42 Å². The molecule has 1 aromatic heterocycles. The van der Waals surface area contributed by atoms with Crippen LogP contribution >= 0.6 is 23.7 Å². The molecule has 0 atom stereocenters. The van der Waals surface area contributed by atoms with Crippen molar-refractivity contribution in [1.29, 1.82) is 5.26 Å². The minimum absolute atomic E-state index is 0. The molecule has 1 N–H and O–H groups in total. The van der Waals surface area contributed by atoms with Gasteiger partial charge in [0.05, 0.1) is 23.7 Å². The Morgan fingerprint density at radius 1 is 1.22 bits per heavy atom. The number of carbonyl (C=O) groups excluding carboxylic acids is 1. The average molecular weight is 403 g/mol. The van der Waals surface area contributed by atoms with Crippen LogP contribution in [0.25, 0.3) is 0 Å². The Hall–Kier alpha value is -2.95. The van der Waals surface area contributed by atoms with Crippen LogP contribution < -0.4 is 10.1 Å². The van der Waals surface area contributed by atoms with Gasteiger partial charge in [-0.1, -0.05) is 0 Å². The number of benzene rings is 2. The minimum atomic E-state index is -0.306. The predicted molar refractivity (Wildman–Crippen MR) is 106 cm³/mol. The van der Waals surface area contributed by atoms with Crippen LogP contribution in [0.1, 0.15) is 11.3 Å². The van der Waals surface area contributed by atoms with E-state index < -0.39 is 0 Å². The zero-order valence-corrected chi connectivity index (χ0v) is 16.0. The molecule has 0 radical (unpaired) electrons. The highest BCUT2D eigenvalue weighted by Crippen LogP contribution is 2.13. The molecule has 3 aromatic rings. The SMILES string of the molecule is Cl.Cn1c(CC(=O)Nc2ccc(C#N)cc2)csc1=Nc1ccc(F)cc1. The molecule has 8 heteroatoms. The van der Waals surface area contributed by atoms with Gasteiger partial charge >= 0.3 is 0 Å². The largest absolute Gasteiger partial charge is 0.326 e. The molecule has 0 saturated carbocycles. The van der Waals surface area contributed by atoms with Gasteiger partial charge in [0.1, 0.15) is 5.82 Å². The molecular weight excluding hydrogens is 387 g/mol. The standard InChI is InChI=1S/C19H15FN4OS.ClH/c1-24-17(10-18(25)22-15-6-2-13(11-21)3-7-15)12-26-19(24)23-16-8-4-14(20)5-9-16;/h2-9,12H,10H2,1H3,(H,22,25);1H. The lowest BCUT2D eigenvalue weighted by Gasteiger charge is -2.06. The Morgan fingerprint density at radius 2 is 1.89 bits per heavy atom. The molecule has 1 heterocycles. The smallest absolute Gasteiger partial charge is 0.230 e. The molecule has 5 nitrogen and oxygen atoms in total. The van der Waals surface area contributed by atoms with Gasteiger partial charge in [0.25, 0.3) is 0 Å². The second-order valence-corrected chi connectivity index (χ2v) is 6.41. The van der Waals surface area contributed by atoms with Gasteiger partial charge < -0.3 is 9.88 Å². The van der Waals surface area contributed by atoms with Crippen LogP contribution in [-0.2, 0) is 18.3 Å². The molecule has 0 spiro atoms. The summed E-state index contributed by atoms with van der Waals surface area (Å²) in [6.45, 7) is 0. The molecule has 0 aliphatic carbocycles. The Morgan fingerprint density at radius 3 is 2.52 bits per heavy atom. The summed E-state index contributed by atoms with van der Waals surface area (Å²) in [5.41, 5.74) is 2.65. The van der Waals surface area contributed by atoms with E-state index in [9.17, 15) is 9.18 Å². The Labute approximate surface area is 165 Å². The van der Waals surface area contributed by atoms with Crippen molar-refractivity contribution in [2.24, 2.45) is 12.0 Å². The molecule has 0 bridgehead atoms. The number of carbonyl (C=O) groups is 1. The van der Waals surface area contributed by atoms with Crippen LogP contribution in [0.4, 0.5) is 15.8 Å². The summed E-state index contributed by atoms with van der Waals surface area (Å²) in [7, 11) is 1.84. The van der Waals surface area contributed by atoms with Gasteiger partial charge in [-0.2, -0.15) is 5.26 Å². The normalized spacial score (nSPS) is 10.8. The summed E-state index contributed by atoms with van der Waals surface area (Å²) in [6.07, 6.45) is 0.200. The molecule has 0 saturated heterocycles. The second-order valence-electron chi connectivity index (χ2n) is 5.57. The van der Waals surface area contributed by atoms with Gasteiger partial charge in [-0.25, -0.2) is 9.38 Å². The highest BCUT2D eigenvalue weighted by atomic mass is 35.5. The second kappa shape index (κ2) is 9.12. The number of thiazole rings is 1. The van der Waals surface area contributed by atoms with E-state index in [1.165, 1.54) is 23.5 Å². The third-order valence-electron chi connectivity index (χ3n) is 3.71. The molecule has 0 fully saturated rings. The van der Waals surface area contributed by atoms with Crippen molar-refractivity contribution in [2.75, 3.05) is 5.32 Å². The first kappa shape index (κ1) is 20.4. The van der Waals surface area contributed by atoms with Gasteiger partial charge in [0, 0.05) is 23.8 Å². The van der Waals surface area contributed by atoms with Gasteiger partial charge in [-0.05, 0) is 48.5 Å². The monoisotopic (exact) mass is 402 g/mol. The fraction of sp³-hybridized carbons (Fsp3) is 0.105. The summed E-state index contributed by atoms with van der Waals surface area (Å²) in [5.74, 6) is -0.462. The summed E-state index contributed by atoms with van der Waals surface area (Å²) < 4.78 is 14.8. The molecule has 0 aliphatic heterocycles. The van der Waals surface area contributed by atoms with Crippen LogP contribution in [0.3, 0.4) is 0 Å². The van der Waals surface area contributed by atoms with Crippen LogP contribution in [0.15, 0.2) is 58.9 Å². The lowest BCUT2D eigenvalue weighted by molar-refractivity contribution is -0.115. The molecule has 0 aliphatic rings. The Kier molecular flexibility index (Phi) is 6.88. The fourth-order valence-electron chi connectivity index (χ4n) is 2.29.